The number of pyridine rings is 1. The molecule has 0 radical (unpaired) electrons. The van der Waals surface area contributed by atoms with Crippen LogP contribution in [0.25, 0.3) is 10.9 Å². The first-order chi connectivity index (χ1) is 18.0. The number of rotatable bonds is 10. The minimum atomic E-state index is -0.212. The molecule has 3 heterocycles. The zero-order chi connectivity index (χ0) is 27.5. The number of nitrogens with zero attached hydrogens (tertiary/aromatic N) is 4. The number of nitrogens with one attached hydrogen (secondary N) is 1. The summed E-state index contributed by atoms with van der Waals surface area (Å²) >= 11 is 0. The molecule has 1 atom stereocenters. The minimum Gasteiger partial charge on any atom is -0.474 e. The summed E-state index contributed by atoms with van der Waals surface area (Å²) in [5, 5.41) is 14.3. The average Bonchev–Trinajstić information content (AvgIpc) is 2.83. The van der Waals surface area contributed by atoms with E-state index in [1.54, 1.807) is 14.2 Å². The van der Waals surface area contributed by atoms with E-state index in [2.05, 4.69) is 42.9 Å². The molecule has 1 aliphatic carbocycles. The van der Waals surface area contributed by atoms with Gasteiger partial charge in [-0.2, -0.15) is 0 Å². The highest BCUT2D eigenvalue weighted by Crippen LogP contribution is 2.42. The number of methoxy groups -OCH3 is 2. The van der Waals surface area contributed by atoms with Gasteiger partial charge in [-0.15, -0.1) is 0 Å². The first kappa shape index (κ1) is 28.9. The number of ether oxygens (including phenoxy) is 3. The van der Waals surface area contributed by atoms with Crippen molar-refractivity contribution < 1.29 is 19.3 Å². The van der Waals surface area contributed by atoms with Gasteiger partial charge >= 0.3 is 0 Å². The van der Waals surface area contributed by atoms with Crippen molar-refractivity contribution in [3.63, 3.8) is 0 Å². The summed E-state index contributed by atoms with van der Waals surface area (Å²) < 4.78 is 17.4. The quantitative estimate of drug-likeness (QED) is 0.459. The van der Waals surface area contributed by atoms with Crippen LogP contribution in [0.5, 0.6) is 5.88 Å². The van der Waals surface area contributed by atoms with Gasteiger partial charge in [0.15, 0.2) is 0 Å². The van der Waals surface area contributed by atoms with Gasteiger partial charge < -0.3 is 24.6 Å². The van der Waals surface area contributed by atoms with Crippen molar-refractivity contribution in [2.24, 2.45) is 0 Å². The molecule has 212 valence electrons. The van der Waals surface area contributed by atoms with E-state index in [9.17, 15) is 5.11 Å². The fourth-order valence-electron chi connectivity index (χ4n) is 6.63. The zero-order valence-corrected chi connectivity index (χ0v) is 24.3. The number of likely N-dealkylation sites (tertiary alicyclic amines) is 1. The maximum Gasteiger partial charge on any atom is 0.224 e. The maximum atomic E-state index is 10.1. The average molecular weight is 530 g/mol. The first-order valence-corrected chi connectivity index (χ1v) is 14.1. The summed E-state index contributed by atoms with van der Waals surface area (Å²) in [6, 6.07) is 0.0797. The molecule has 38 heavy (non-hydrogen) atoms. The SMILES string of the molecule is COCCN1C(C)(C)CC(Oc2ncc([C@H]3CC[C@H](O)CC3)c3nc(N[C@@H](C)COC)ncc23)CC1(C)C. The third-order valence-electron chi connectivity index (χ3n) is 8.26. The number of hydrogen-bond donors (Lipinski definition) is 2. The molecular weight excluding hydrogens is 482 g/mol. The Balaban J connectivity index is 1.65. The van der Waals surface area contributed by atoms with Crippen molar-refractivity contribution in [1.82, 2.24) is 19.9 Å². The Bertz CT molecular complexity index is 1050. The predicted octanol–water partition coefficient (Wildman–Crippen LogP) is 4.54. The third kappa shape index (κ3) is 6.55. The van der Waals surface area contributed by atoms with Crippen LogP contribution in [0.3, 0.4) is 0 Å². The molecule has 0 aromatic carbocycles. The van der Waals surface area contributed by atoms with Crippen molar-refractivity contribution in [3.05, 3.63) is 18.0 Å². The fourth-order valence-corrected chi connectivity index (χ4v) is 6.63. The summed E-state index contributed by atoms with van der Waals surface area (Å²) in [7, 11) is 3.45. The molecule has 2 fully saturated rings. The molecule has 4 rings (SSSR count). The Hall–Kier alpha value is -2.07. The van der Waals surface area contributed by atoms with Crippen molar-refractivity contribution in [2.45, 2.75) is 108 Å². The monoisotopic (exact) mass is 529 g/mol. The van der Waals surface area contributed by atoms with Gasteiger partial charge in [-0.3, -0.25) is 4.90 Å². The molecule has 2 aliphatic rings. The number of aliphatic hydroxyl groups is 1. The number of anilines is 1. The molecule has 1 aliphatic heterocycles. The van der Waals surface area contributed by atoms with E-state index in [0.717, 1.165) is 61.5 Å². The van der Waals surface area contributed by atoms with Crippen LogP contribution in [0, 0.1) is 0 Å². The summed E-state index contributed by atoms with van der Waals surface area (Å²) in [5.41, 5.74) is 1.90. The van der Waals surface area contributed by atoms with E-state index >= 15 is 0 Å². The van der Waals surface area contributed by atoms with Gasteiger partial charge in [0.1, 0.15) is 6.10 Å². The van der Waals surface area contributed by atoms with Crippen LogP contribution in [-0.2, 0) is 9.47 Å². The number of piperidine rings is 1. The molecule has 2 N–H and O–H groups in total. The molecule has 0 amide bonds. The Morgan fingerprint density at radius 2 is 1.71 bits per heavy atom. The van der Waals surface area contributed by atoms with E-state index in [0.29, 0.717) is 31.0 Å². The number of aromatic nitrogens is 3. The third-order valence-corrected chi connectivity index (χ3v) is 8.26. The smallest absolute Gasteiger partial charge is 0.224 e. The molecule has 9 nitrogen and oxygen atoms in total. The van der Waals surface area contributed by atoms with Gasteiger partial charge in [-0.1, -0.05) is 0 Å². The number of fused-ring (bicyclic) bond motifs is 1. The second kappa shape index (κ2) is 12.0. The van der Waals surface area contributed by atoms with Gasteiger partial charge in [0.2, 0.25) is 11.8 Å². The lowest BCUT2D eigenvalue weighted by Gasteiger charge is -2.55. The van der Waals surface area contributed by atoms with Crippen molar-refractivity contribution in [2.75, 3.05) is 39.3 Å². The maximum absolute atomic E-state index is 10.1. The van der Waals surface area contributed by atoms with E-state index < -0.39 is 0 Å². The molecule has 1 saturated carbocycles. The Morgan fingerprint density at radius 3 is 2.34 bits per heavy atom. The molecule has 0 spiro atoms. The van der Waals surface area contributed by atoms with Crippen molar-refractivity contribution in [3.8, 4) is 5.88 Å². The summed E-state index contributed by atoms with van der Waals surface area (Å²) in [4.78, 5) is 17.0. The van der Waals surface area contributed by atoms with Crippen LogP contribution in [0.2, 0.25) is 0 Å². The second-order valence-corrected chi connectivity index (χ2v) is 12.4. The Kier molecular flexibility index (Phi) is 9.12. The first-order valence-electron chi connectivity index (χ1n) is 14.1. The molecule has 2 aromatic heterocycles. The van der Waals surface area contributed by atoms with Crippen LogP contribution in [0.1, 0.15) is 84.6 Å². The van der Waals surface area contributed by atoms with Gasteiger partial charge in [-0.05, 0) is 66.2 Å². The predicted molar refractivity (Wildman–Crippen MR) is 150 cm³/mol. The van der Waals surface area contributed by atoms with Crippen molar-refractivity contribution >= 4 is 16.9 Å². The topological polar surface area (TPSA) is 102 Å². The Labute approximate surface area is 227 Å². The van der Waals surface area contributed by atoms with Crippen molar-refractivity contribution in [1.29, 1.82) is 0 Å². The minimum absolute atomic E-state index is 0.0182. The molecule has 2 aromatic rings. The van der Waals surface area contributed by atoms with E-state index in [-0.39, 0.29) is 29.3 Å². The Morgan fingerprint density at radius 1 is 1.03 bits per heavy atom. The molecule has 1 saturated heterocycles. The highest BCUT2D eigenvalue weighted by atomic mass is 16.5. The van der Waals surface area contributed by atoms with Gasteiger partial charge in [0.05, 0.1) is 30.2 Å². The molecule has 0 bridgehead atoms. The number of aliphatic hydroxyl groups excluding tert-OH is 1. The van der Waals surface area contributed by atoms with E-state index in [4.69, 9.17) is 24.2 Å². The summed E-state index contributed by atoms with van der Waals surface area (Å²) in [6.45, 7) is 13.4. The second-order valence-electron chi connectivity index (χ2n) is 12.4. The molecule has 0 unspecified atom stereocenters. The van der Waals surface area contributed by atoms with Gasteiger partial charge in [0.25, 0.3) is 0 Å². The fraction of sp³-hybridized carbons (Fsp3) is 0.759. The normalized spacial score (nSPS) is 24.8. The highest BCUT2D eigenvalue weighted by molar-refractivity contribution is 5.86. The van der Waals surface area contributed by atoms with Crippen LogP contribution in [0.4, 0.5) is 5.95 Å². The van der Waals surface area contributed by atoms with Gasteiger partial charge in [0, 0.05) is 68.7 Å². The summed E-state index contributed by atoms with van der Waals surface area (Å²) in [6.07, 6.45) is 8.83. The van der Waals surface area contributed by atoms with Crippen LogP contribution >= 0.6 is 0 Å². The number of hydrogen-bond acceptors (Lipinski definition) is 9. The van der Waals surface area contributed by atoms with E-state index in [1.807, 2.05) is 19.3 Å². The highest BCUT2D eigenvalue weighted by Gasteiger charge is 2.46. The lowest BCUT2D eigenvalue weighted by molar-refractivity contribution is -0.0815. The van der Waals surface area contributed by atoms with E-state index in [1.165, 1.54) is 0 Å². The lowest BCUT2D eigenvalue weighted by Crippen LogP contribution is -2.63. The van der Waals surface area contributed by atoms with Crippen LogP contribution < -0.4 is 10.1 Å². The van der Waals surface area contributed by atoms with Gasteiger partial charge in [-0.25, -0.2) is 15.0 Å². The molecule has 9 heteroatoms. The standard InChI is InChI=1S/C29H47N5O4/c1-19(18-37-7)32-27-31-17-24-25(33-27)23(20-8-10-21(35)11-9-20)16-30-26(24)38-22-14-28(2,3)34(12-13-36-6)29(4,5)15-22/h16-17,19-22,35H,8-15,18H2,1-7H3,(H,31,32,33)/t19-,20-,21-/m0/s1. The van der Waals surface area contributed by atoms with Crippen LogP contribution in [0.15, 0.2) is 12.4 Å². The van der Waals surface area contributed by atoms with Crippen LogP contribution in [-0.4, -0.2) is 88.3 Å². The molecular formula is C29H47N5O4. The lowest BCUT2D eigenvalue weighted by atomic mass is 9.78. The zero-order valence-electron chi connectivity index (χ0n) is 24.3. The largest absolute Gasteiger partial charge is 0.474 e. The summed E-state index contributed by atoms with van der Waals surface area (Å²) in [5.74, 6) is 1.48.